The minimum atomic E-state index is -0.737. The standard InChI is InChI=1S/C24H16N2O7S/c1-31-15(28)9-12-16-21-17(13(27)10-14(32-21)11-5-3-2-4-6-11)19(29)20(30)22(16)33-23-18(12)26-7-8-34-24(26)25-23/h2-8,10,12,29-30H,9H2,1H3/t12-/m1/s1. The van der Waals surface area contributed by atoms with Gasteiger partial charge in [0.05, 0.1) is 24.8 Å². The monoisotopic (exact) mass is 476 g/mol. The first-order valence-corrected chi connectivity index (χ1v) is 11.2. The van der Waals surface area contributed by atoms with E-state index in [2.05, 4.69) is 4.98 Å². The highest BCUT2D eigenvalue weighted by molar-refractivity contribution is 7.15. The number of hydrogen-bond acceptors (Lipinski definition) is 9. The lowest BCUT2D eigenvalue weighted by Crippen LogP contribution is -2.18. The van der Waals surface area contributed by atoms with Gasteiger partial charge in [-0.3, -0.25) is 14.0 Å². The molecule has 1 aliphatic rings. The van der Waals surface area contributed by atoms with Crippen molar-refractivity contribution in [2.24, 2.45) is 0 Å². The summed E-state index contributed by atoms with van der Waals surface area (Å²) >= 11 is 1.37. The average Bonchev–Trinajstić information content (AvgIpc) is 3.43. The van der Waals surface area contributed by atoms with E-state index >= 15 is 0 Å². The van der Waals surface area contributed by atoms with Gasteiger partial charge in [-0.05, 0) is 0 Å². The predicted octanol–water partition coefficient (Wildman–Crippen LogP) is 4.38. The third kappa shape index (κ3) is 2.82. The van der Waals surface area contributed by atoms with Gasteiger partial charge >= 0.3 is 5.97 Å². The van der Waals surface area contributed by atoms with E-state index in [-0.39, 0.29) is 40.3 Å². The van der Waals surface area contributed by atoms with Crippen LogP contribution in [-0.2, 0) is 9.53 Å². The van der Waals surface area contributed by atoms with Crippen LogP contribution in [0.4, 0.5) is 0 Å². The molecule has 0 saturated carbocycles. The largest absolute Gasteiger partial charge is 0.504 e. The fourth-order valence-electron chi connectivity index (χ4n) is 4.39. The zero-order chi connectivity index (χ0) is 23.6. The molecule has 34 heavy (non-hydrogen) atoms. The van der Waals surface area contributed by atoms with Crippen molar-refractivity contribution in [2.75, 3.05) is 7.11 Å². The molecule has 0 saturated heterocycles. The van der Waals surface area contributed by atoms with E-state index < -0.39 is 28.8 Å². The fraction of sp³-hybridized carbons (Fsp3) is 0.125. The van der Waals surface area contributed by atoms with Gasteiger partial charge < -0.3 is 24.1 Å². The van der Waals surface area contributed by atoms with E-state index in [1.165, 1.54) is 24.5 Å². The first kappa shape index (κ1) is 20.3. The molecule has 0 spiro atoms. The number of aromatic hydroxyl groups is 2. The molecular weight excluding hydrogens is 460 g/mol. The summed E-state index contributed by atoms with van der Waals surface area (Å²) in [5.41, 5.74) is 0.919. The number of methoxy groups -OCH3 is 1. The molecule has 10 heteroatoms. The number of nitrogens with zero attached hydrogens (tertiary/aromatic N) is 2. The van der Waals surface area contributed by atoms with Gasteiger partial charge in [-0.2, -0.15) is 4.98 Å². The molecule has 1 aliphatic heterocycles. The highest BCUT2D eigenvalue weighted by Crippen LogP contribution is 2.55. The van der Waals surface area contributed by atoms with Crippen molar-refractivity contribution in [3.63, 3.8) is 0 Å². The van der Waals surface area contributed by atoms with E-state index in [1.807, 2.05) is 11.4 Å². The molecular formula is C24H16N2O7S. The van der Waals surface area contributed by atoms with Crippen LogP contribution in [0.1, 0.15) is 23.6 Å². The average molecular weight is 476 g/mol. The molecule has 0 bridgehead atoms. The molecule has 0 unspecified atom stereocenters. The Hall–Kier alpha value is -4.31. The lowest BCUT2D eigenvalue weighted by molar-refractivity contribution is -0.140. The molecule has 1 atom stereocenters. The Bertz CT molecular complexity index is 1670. The first-order valence-electron chi connectivity index (χ1n) is 10.3. The van der Waals surface area contributed by atoms with Crippen molar-refractivity contribution in [2.45, 2.75) is 12.3 Å². The number of hydrogen-bond donors (Lipinski definition) is 2. The number of carbonyl (C=O) groups is 1. The molecule has 4 heterocycles. The normalized spacial score (nSPS) is 14.6. The maximum atomic E-state index is 13.1. The summed E-state index contributed by atoms with van der Waals surface area (Å²) < 4.78 is 18.8. The Balaban J connectivity index is 1.72. The van der Waals surface area contributed by atoms with E-state index in [9.17, 15) is 19.8 Å². The van der Waals surface area contributed by atoms with Crippen molar-refractivity contribution >= 4 is 33.2 Å². The molecule has 0 fully saturated rings. The van der Waals surface area contributed by atoms with Gasteiger partial charge in [0.1, 0.15) is 16.7 Å². The maximum Gasteiger partial charge on any atom is 0.306 e. The van der Waals surface area contributed by atoms with Crippen LogP contribution in [0, 0.1) is 0 Å². The molecule has 170 valence electrons. The molecule has 3 aromatic heterocycles. The molecule has 2 N–H and O–H groups in total. The molecule has 9 nitrogen and oxygen atoms in total. The quantitative estimate of drug-likeness (QED) is 0.290. The highest BCUT2D eigenvalue weighted by atomic mass is 32.1. The third-order valence-electron chi connectivity index (χ3n) is 5.91. The Morgan fingerprint density at radius 3 is 2.79 bits per heavy atom. The summed E-state index contributed by atoms with van der Waals surface area (Å²) in [7, 11) is 1.28. The van der Waals surface area contributed by atoms with Gasteiger partial charge in [-0.1, -0.05) is 30.3 Å². The van der Waals surface area contributed by atoms with Crippen LogP contribution in [0.15, 0.2) is 57.2 Å². The maximum absolute atomic E-state index is 13.1. The summed E-state index contributed by atoms with van der Waals surface area (Å²) in [6.07, 6.45) is 1.65. The molecule has 0 radical (unpaired) electrons. The summed E-state index contributed by atoms with van der Waals surface area (Å²) in [6.45, 7) is 0. The minimum absolute atomic E-state index is 0.0152. The first-order chi connectivity index (χ1) is 16.5. The summed E-state index contributed by atoms with van der Waals surface area (Å²) in [4.78, 5) is 30.6. The van der Waals surface area contributed by atoms with Crippen molar-refractivity contribution < 1.29 is 28.9 Å². The number of thiazole rings is 1. The highest BCUT2D eigenvalue weighted by Gasteiger charge is 2.40. The SMILES string of the molecule is COC(=O)C[C@@H]1c2c(c(O)c(O)c3c(=O)cc(-c4ccccc4)oc23)Oc2nc3sccn3c21. The fourth-order valence-corrected chi connectivity index (χ4v) is 5.10. The van der Waals surface area contributed by atoms with Crippen LogP contribution in [0.2, 0.25) is 0 Å². The molecule has 6 rings (SSSR count). The second kappa shape index (κ2) is 7.35. The van der Waals surface area contributed by atoms with Crippen LogP contribution in [-0.4, -0.2) is 32.7 Å². The number of esters is 1. The second-order valence-electron chi connectivity index (χ2n) is 7.78. The molecule has 0 aliphatic carbocycles. The number of ether oxygens (including phenoxy) is 2. The Morgan fingerprint density at radius 2 is 2.03 bits per heavy atom. The number of rotatable bonds is 3. The number of aromatic nitrogens is 2. The molecule has 0 amide bonds. The zero-order valence-corrected chi connectivity index (χ0v) is 18.5. The molecule has 5 aromatic rings. The van der Waals surface area contributed by atoms with Gasteiger partial charge in [0.25, 0.3) is 0 Å². The summed E-state index contributed by atoms with van der Waals surface area (Å²) in [5.74, 6) is -2.21. The van der Waals surface area contributed by atoms with Gasteiger partial charge in [-0.25, -0.2) is 0 Å². The third-order valence-corrected chi connectivity index (χ3v) is 6.67. The predicted molar refractivity (Wildman–Crippen MR) is 123 cm³/mol. The van der Waals surface area contributed by atoms with Crippen LogP contribution in [0.25, 0.3) is 27.3 Å². The van der Waals surface area contributed by atoms with Gasteiger partial charge in [-0.15, -0.1) is 11.3 Å². The lowest BCUT2D eigenvalue weighted by Gasteiger charge is -2.26. The van der Waals surface area contributed by atoms with Crippen LogP contribution in [0.3, 0.4) is 0 Å². The van der Waals surface area contributed by atoms with Crippen LogP contribution < -0.4 is 10.2 Å². The Kier molecular flexibility index (Phi) is 4.39. The Labute approximate surface area is 195 Å². The molecule has 2 aromatic carbocycles. The van der Waals surface area contributed by atoms with E-state index in [0.717, 1.165) is 0 Å². The van der Waals surface area contributed by atoms with Crippen molar-refractivity contribution in [3.05, 3.63) is 69.5 Å². The topological polar surface area (TPSA) is 124 Å². The lowest BCUT2D eigenvalue weighted by atomic mass is 9.87. The van der Waals surface area contributed by atoms with Crippen molar-refractivity contribution in [3.8, 4) is 34.5 Å². The van der Waals surface area contributed by atoms with Crippen molar-refractivity contribution in [1.82, 2.24) is 9.38 Å². The van der Waals surface area contributed by atoms with Crippen LogP contribution in [0.5, 0.6) is 23.1 Å². The Morgan fingerprint density at radius 1 is 1.24 bits per heavy atom. The van der Waals surface area contributed by atoms with Crippen LogP contribution >= 0.6 is 11.3 Å². The van der Waals surface area contributed by atoms with Gasteiger partial charge in [0.2, 0.25) is 11.6 Å². The number of imidazole rings is 1. The zero-order valence-electron chi connectivity index (χ0n) is 17.6. The second-order valence-corrected chi connectivity index (χ2v) is 8.65. The summed E-state index contributed by atoms with van der Waals surface area (Å²) in [6, 6.07) is 10.3. The minimum Gasteiger partial charge on any atom is -0.504 e. The number of phenolic OH excluding ortho intramolecular Hbond substituents is 2. The van der Waals surface area contributed by atoms with Crippen molar-refractivity contribution in [1.29, 1.82) is 0 Å². The van der Waals surface area contributed by atoms with E-state index in [1.54, 1.807) is 34.9 Å². The van der Waals surface area contributed by atoms with E-state index in [0.29, 0.717) is 16.2 Å². The smallest absolute Gasteiger partial charge is 0.306 e. The van der Waals surface area contributed by atoms with Gasteiger partial charge in [0.15, 0.2) is 21.9 Å². The number of phenols is 2. The number of benzene rings is 2. The number of carbonyl (C=O) groups excluding carboxylic acids is 1. The van der Waals surface area contributed by atoms with E-state index in [4.69, 9.17) is 13.9 Å². The van der Waals surface area contributed by atoms with Gasteiger partial charge in [0, 0.05) is 29.1 Å². The number of fused-ring (bicyclic) bond motifs is 6. The summed E-state index contributed by atoms with van der Waals surface area (Å²) in [5, 5.41) is 23.2.